The Hall–Kier alpha value is -1.34. The van der Waals surface area contributed by atoms with Crippen LogP contribution in [0.3, 0.4) is 0 Å². The highest BCUT2D eigenvalue weighted by molar-refractivity contribution is 5.85. The summed E-state index contributed by atoms with van der Waals surface area (Å²) in [5.41, 5.74) is -1.91. The molecule has 0 aromatic carbocycles. The Labute approximate surface area is 112 Å². The van der Waals surface area contributed by atoms with Crippen LogP contribution in [0.2, 0.25) is 0 Å². The molecule has 0 radical (unpaired) electrons. The Morgan fingerprint density at radius 2 is 2.05 bits per heavy atom. The van der Waals surface area contributed by atoms with Gasteiger partial charge in [0.25, 0.3) is 0 Å². The highest BCUT2D eigenvalue weighted by atomic mass is 16.5. The number of hydrogen-bond acceptors (Lipinski definition) is 4. The van der Waals surface area contributed by atoms with E-state index in [0.717, 1.165) is 0 Å². The number of nitrogens with zero attached hydrogens (tertiary/aromatic N) is 1. The van der Waals surface area contributed by atoms with Gasteiger partial charge in [-0.15, -0.1) is 0 Å². The molecule has 1 fully saturated rings. The van der Waals surface area contributed by atoms with Crippen LogP contribution in [0.1, 0.15) is 27.7 Å². The molecular formula is C12H22N2O5. The molecule has 1 rings (SSSR count). The summed E-state index contributed by atoms with van der Waals surface area (Å²) in [6, 6.07) is -0.470. The molecule has 0 bridgehead atoms. The second kappa shape index (κ2) is 5.34. The number of carboxylic acid groups (broad SMARTS) is 1. The van der Waals surface area contributed by atoms with E-state index >= 15 is 0 Å². The largest absolute Gasteiger partial charge is 0.480 e. The molecule has 0 aromatic heterocycles. The highest BCUT2D eigenvalue weighted by Crippen LogP contribution is 2.21. The van der Waals surface area contributed by atoms with Gasteiger partial charge in [-0.2, -0.15) is 0 Å². The van der Waals surface area contributed by atoms with E-state index in [1.807, 2.05) is 13.8 Å². The standard InChI is InChI=1S/C12H22N2O5/c1-11(2)7-14(5-8(6-15)19-11)10(18)13-12(3,4)9(16)17/h8,15H,5-7H2,1-4H3,(H,13,18)(H,16,17). The molecule has 1 heterocycles. The number of rotatable bonds is 3. The lowest BCUT2D eigenvalue weighted by molar-refractivity contribution is -0.144. The van der Waals surface area contributed by atoms with Gasteiger partial charge in [-0.05, 0) is 27.7 Å². The molecule has 3 N–H and O–H groups in total. The Morgan fingerprint density at radius 3 is 2.53 bits per heavy atom. The zero-order chi connectivity index (χ0) is 14.8. The van der Waals surface area contributed by atoms with Crippen molar-refractivity contribution in [2.24, 2.45) is 0 Å². The first-order valence-electron chi connectivity index (χ1n) is 6.16. The predicted molar refractivity (Wildman–Crippen MR) is 67.9 cm³/mol. The van der Waals surface area contributed by atoms with Gasteiger partial charge in [0.2, 0.25) is 0 Å². The van der Waals surface area contributed by atoms with Crippen LogP contribution in [0.25, 0.3) is 0 Å². The molecule has 0 aromatic rings. The number of aliphatic hydroxyl groups excluding tert-OH is 1. The van der Waals surface area contributed by atoms with E-state index in [1.165, 1.54) is 18.7 Å². The lowest BCUT2D eigenvalue weighted by Crippen LogP contribution is -2.61. The molecule has 110 valence electrons. The summed E-state index contributed by atoms with van der Waals surface area (Å²) >= 11 is 0. The zero-order valence-corrected chi connectivity index (χ0v) is 11.8. The molecule has 1 aliphatic rings. The van der Waals surface area contributed by atoms with Crippen molar-refractivity contribution in [1.82, 2.24) is 10.2 Å². The fourth-order valence-corrected chi connectivity index (χ4v) is 1.95. The highest BCUT2D eigenvalue weighted by Gasteiger charge is 2.38. The van der Waals surface area contributed by atoms with Gasteiger partial charge in [0.1, 0.15) is 5.54 Å². The topological polar surface area (TPSA) is 99.1 Å². The molecule has 1 atom stereocenters. The number of aliphatic hydroxyl groups is 1. The summed E-state index contributed by atoms with van der Waals surface area (Å²) in [5.74, 6) is -1.10. The van der Waals surface area contributed by atoms with Gasteiger partial charge in [0, 0.05) is 0 Å². The van der Waals surface area contributed by atoms with Crippen molar-refractivity contribution in [3.05, 3.63) is 0 Å². The molecule has 1 unspecified atom stereocenters. The Bertz CT molecular complexity index is 367. The molecule has 0 spiro atoms. The van der Waals surface area contributed by atoms with Crippen molar-refractivity contribution in [3.63, 3.8) is 0 Å². The van der Waals surface area contributed by atoms with E-state index in [0.29, 0.717) is 6.54 Å². The molecule has 19 heavy (non-hydrogen) atoms. The summed E-state index contributed by atoms with van der Waals surface area (Å²) in [4.78, 5) is 24.5. The number of carbonyl (C=O) groups excluding carboxylic acids is 1. The van der Waals surface area contributed by atoms with Crippen LogP contribution >= 0.6 is 0 Å². The van der Waals surface area contributed by atoms with E-state index in [4.69, 9.17) is 14.9 Å². The van der Waals surface area contributed by atoms with E-state index in [1.54, 1.807) is 0 Å². The number of ether oxygens (including phenoxy) is 1. The van der Waals surface area contributed by atoms with Gasteiger partial charge in [0.05, 0.1) is 31.4 Å². The van der Waals surface area contributed by atoms with Crippen molar-refractivity contribution in [1.29, 1.82) is 0 Å². The second-order valence-corrected chi connectivity index (χ2v) is 5.92. The third-order valence-corrected chi connectivity index (χ3v) is 2.93. The average molecular weight is 274 g/mol. The summed E-state index contributed by atoms with van der Waals surface area (Å²) in [6.45, 7) is 6.86. The van der Waals surface area contributed by atoms with Gasteiger partial charge < -0.3 is 25.2 Å². The zero-order valence-electron chi connectivity index (χ0n) is 11.8. The van der Waals surface area contributed by atoms with E-state index in [9.17, 15) is 9.59 Å². The SMILES string of the molecule is CC1(C)CN(C(=O)NC(C)(C)C(=O)O)CC(CO)O1. The van der Waals surface area contributed by atoms with E-state index in [-0.39, 0.29) is 13.2 Å². The third kappa shape index (κ3) is 4.07. The van der Waals surface area contributed by atoms with Gasteiger partial charge >= 0.3 is 12.0 Å². The first-order chi connectivity index (χ1) is 8.57. The van der Waals surface area contributed by atoms with Crippen LogP contribution in [0.5, 0.6) is 0 Å². The predicted octanol–water partition coefficient (Wildman–Crippen LogP) is 0.0309. The van der Waals surface area contributed by atoms with Gasteiger partial charge in [-0.3, -0.25) is 0 Å². The molecule has 7 nitrogen and oxygen atoms in total. The fraction of sp³-hybridized carbons (Fsp3) is 0.833. The molecule has 1 aliphatic heterocycles. The smallest absolute Gasteiger partial charge is 0.328 e. The molecular weight excluding hydrogens is 252 g/mol. The number of morpholine rings is 1. The lowest BCUT2D eigenvalue weighted by atomic mass is 10.0. The van der Waals surface area contributed by atoms with Gasteiger partial charge in [-0.25, -0.2) is 9.59 Å². The lowest BCUT2D eigenvalue weighted by Gasteiger charge is -2.42. The number of amides is 2. The summed E-state index contributed by atoms with van der Waals surface area (Å²) < 4.78 is 5.59. The maximum Gasteiger partial charge on any atom is 0.328 e. The van der Waals surface area contributed by atoms with Crippen LogP contribution < -0.4 is 5.32 Å². The number of carbonyl (C=O) groups is 2. The van der Waals surface area contributed by atoms with Crippen LogP contribution in [0.4, 0.5) is 4.79 Å². The third-order valence-electron chi connectivity index (χ3n) is 2.93. The number of aliphatic carboxylic acids is 1. The molecule has 0 saturated carbocycles. The summed E-state index contributed by atoms with van der Waals surface area (Å²) in [5, 5.41) is 20.6. The van der Waals surface area contributed by atoms with Crippen LogP contribution in [0, 0.1) is 0 Å². The minimum atomic E-state index is -1.34. The molecule has 0 aliphatic carbocycles. The number of hydrogen-bond donors (Lipinski definition) is 3. The number of urea groups is 1. The Balaban J connectivity index is 2.74. The molecule has 2 amide bonds. The second-order valence-electron chi connectivity index (χ2n) is 5.92. The van der Waals surface area contributed by atoms with E-state index in [2.05, 4.69) is 5.32 Å². The minimum Gasteiger partial charge on any atom is -0.480 e. The van der Waals surface area contributed by atoms with Crippen LogP contribution in [-0.2, 0) is 9.53 Å². The maximum atomic E-state index is 12.1. The monoisotopic (exact) mass is 274 g/mol. The normalized spacial score (nSPS) is 23.0. The first kappa shape index (κ1) is 15.7. The van der Waals surface area contributed by atoms with Crippen molar-refractivity contribution >= 4 is 12.0 Å². The molecule has 7 heteroatoms. The van der Waals surface area contributed by atoms with Crippen LogP contribution in [-0.4, -0.2) is 64.1 Å². The maximum absolute atomic E-state index is 12.1. The number of carboxylic acids is 1. The first-order valence-corrected chi connectivity index (χ1v) is 6.16. The molecule has 1 saturated heterocycles. The van der Waals surface area contributed by atoms with Crippen LogP contribution in [0.15, 0.2) is 0 Å². The fourth-order valence-electron chi connectivity index (χ4n) is 1.95. The Kier molecular flexibility index (Phi) is 4.42. The quantitative estimate of drug-likeness (QED) is 0.674. The summed E-state index contributed by atoms with van der Waals surface area (Å²) in [6.07, 6.45) is -0.456. The average Bonchev–Trinajstić information content (AvgIpc) is 2.25. The van der Waals surface area contributed by atoms with Gasteiger partial charge in [0.15, 0.2) is 0 Å². The van der Waals surface area contributed by atoms with Crippen molar-refractivity contribution in [2.75, 3.05) is 19.7 Å². The van der Waals surface area contributed by atoms with Crippen molar-refractivity contribution in [3.8, 4) is 0 Å². The Morgan fingerprint density at radius 1 is 1.47 bits per heavy atom. The van der Waals surface area contributed by atoms with Crippen molar-refractivity contribution < 1.29 is 24.5 Å². The van der Waals surface area contributed by atoms with Gasteiger partial charge in [-0.1, -0.05) is 0 Å². The van der Waals surface area contributed by atoms with Crippen molar-refractivity contribution in [2.45, 2.75) is 44.9 Å². The minimum absolute atomic E-state index is 0.185. The number of nitrogens with one attached hydrogen (secondary N) is 1. The van der Waals surface area contributed by atoms with E-state index < -0.39 is 29.2 Å². The summed E-state index contributed by atoms with van der Waals surface area (Å²) in [7, 11) is 0.